The fourth-order valence-electron chi connectivity index (χ4n) is 3.27. The lowest BCUT2D eigenvalue weighted by Gasteiger charge is -2.13. The molecule has 1 heterocycles. The van der Waals surface area contributed by atoms with Crippen LogP contribution in [0.1, 0.15) is 36.6 Å². The Kier molecular flexibility index (Phi) is 5.36. The smallest absolute Gasteiger partial charge is 0.338 e. The van der Waals surface area contributed by atoms with Gasteiger partial charge < -0.3 is 4.74 Å². The molecule has 11 nitrogen and oxygen atoms in total. The van der Waals surface area contributed by atoms with Crippen LogP contribution >= 0.6 is 0 Å². The fraction of sp³-hybridized carbons (Fsp3) is 0.0455. The van der Waals surface area contributed by atoms with Gasteiger partial charge in [-0.2, -0.15) is 0 Å². The number of carbonyl (C=O) groups is 3. The van der Waals surface area contributed by atoms with Crippen molar-refractivity contribution in [3.63, 3.8) is 0 Å². The molecular formula is C22H13N3O8. The Morgan fingerprint density at radius 1 is 0.788 bits per heavy atom. The average Bonchev–Trinajstić information content (AvgIpc) is 3.07. The number of hydrogen-bond donors (Lipinski definition) is 0. The zero-order valence-electron chi connectivity index (χ0n) is 16.7. The summed E-state index contributed by atoms with van der Waals surface area (Å²) in [6.45, 7) is -0.143. The van der Waals surface area contributed by atoms with Crippen molar-refractivity contribution in [3.8, 4) is 0 Å². The maximum atomic E-state index is 12.8. The van der Waals surface area contributed by atoms with Gasteiger partial charge in [-0.1, -0.05) is 0 Å². The molecule has 3 aromatic carbocycles. The monoisotopic (exact) mass is 447 g/mol. The third-order valence-corrected chi connectivity index (χ3v) is 4.96. The van der Waals surface area contributed by atoms with Crippen LogP contribution in [-0.4, -0.2) is 27.6 Å². The van der Waals surface area contributed by atoms with Gasteiger partial charge in [0, 0.05) is 24.3 Å². The summed E-state index contributed by atoms with van der Waals surface area (Å²) in [6.07, 6.45) is 0. The minimum atomic E-state index is -0.745. The van der Waals surface area contributed by atoms with Crippen molar-refractivity contribution in [2.24, 2.45) is 0 Å². The van der Waals surface area contributed by atoms with Crippen molar-refractivity contribution < 1.29 is 29.0 Å². The minimum Gasteiger partial charge on any atom is -0.457 e. The maximum Gasteiger partial charge on any atom is 0.338 e. The van der Waals surface area contributed by atoms with Crippen molar-refractivity contribution in [1.82, 2.24) is 0 Å². The number of anilines is 1. The van der Waals surface area contributed by atoms with Crippen molar-refractivity contribution in [2.75, 3.05) is 4.90 Å². The SMILES string of the molecule is O=C(OCc1ccc([N+](=O)[O-])cc1)c1ccc2c(c1)C(=O)N(c1ccc([N+](=O)[O-])cc1)C2=O. The molecule has 0 N–H and O–H groups in total. The van der Waals surface area contributed by atoms with E-state index in [9.17, 15) is 34.6 Å². The van der Waals surface area contributed by atoms with E-state index in [2.05, 4.69) is 0 Å². The van der Waals surface area contributed by atoms with E-state index in [0.29, 0.717) is 5.56 Å². The largest absolute Gasteiger partial charge is 0.457 e. The number of benzene rings is 3. The van der Waals surface area contributed by atoms with E-state index < -0.39 is 27.6 Å². The predicted molar refractivity (Wildman–Crippen MR) is 113 cm³/mol. The first-order valence-corrected chi connectivity index (χ1v) is 9.44. The summed E-state index contributed by atoms with van der Waals surface area (Å²) in [5, 5.41) is 21.5. The predicted octanol–water partition coefficient (Wildman–Crippen LogP) is 3.66. The quantitative estimate of drug-likeness (QED) is 0.240. The normalized spacial score (nSPS) is 12.4. The number of nitro groups is 2. The summed E-state index contributed by atoms with van der Waals surface area (Å²) in [5.41, 5.74) is 0.549. The lowest BCUT2D eigenvalue weighted by molar-refractivity contribution is -0.385. The molecule has 0 atom stereocenters. The summed E-state index contributed by atoms with van der Waals surface area (Å²) in [7, 11) is 0. The van der Waals surface area contributed by atoms with Crippen molar-refractivity contribution >= 4 is 34.8 Å². The van der Waals surface area contributed by atoms with Crippen LogP contribution in [0.2, 0.25) is 0 Å². The van der Waals surface area contributed by atoms with Crippen LogP contribution in [0.5, 0.6) is 0 Å². The summed E-state index contributed by atoms with van der Waals surface area (Å²) < 4.78 is 5.20. The molecule has 3 aromatic rings. The first-order valence-electron chi connectivity index (χ1n) is 9.44. The number of amides is 2. The number of fused-ring (bicyclic) bond motifs is 1. The number of carbonyl (C=O) groups excluding carboxylic acids is 3. The van der Waals surface area contributed by atoms with Gasteiger partial charge in [-0.15, -0.1) is 0 Å². The number of ether oxygens (including phenoxy) is 1. The van der Waals surface area contributed by atoms with Gasteiger partial charge in [0.05, 0.1) is 32.2 Å². The highest BCUT2D eigenvalue weighted by molar-refractivity contribution is 6.34. The first kappa shape index (κ1) is 21.3. The zero-order valence-corrected chi connectivity index (χ0v) is 16.7. The third-order valence-electron chi connectivity index (χ3n) is 4.96. The summed E-state index contributed by atoms with van der Waals surface area (Å²) in [5.74, 6) is -2.03. The fourth-order valence-corrected chi connectivity index (χ4v) is 3.27. The van der Waals surface area contributed by atoms with Gasteiger partial charge in [0.25, 0.3) is 23.2 Å². The molecule has 0 aliphatic carbocycles. The van der Waals surface area contributed by atoms with E-state index in [0.717, 1.165) is 4.90 Å². The second kappa shape index (κ2) is 8.30. The van der Waals surface area contributed by atoms with Gasteiger partial charge in [-0.25, -0.2) is 9.69 Å². The van der Waals surface area contributed by atoms with Crippen molar-refractivity contribution in [2.45, 2.75) is 6.61 Å². The molecule has 1 aliphatic heterocycles. The number of nitrogens with zero attached hydrogens (tertiary/aromatic N) is 3. The number of esters is 1. The molecule has 1 aliphatic rings. The van der Waals surface area contributed by atoms with Gasteiger partial charge >= 0.3 is 5.97 Å². The van der Waals surface area contributed by atoms with Crippen LogP contribution in [0.25, 0.3) is 0 Å². The summed E-state index contributed by atoms with van der Waals surface area (Å²) in [4.78, 5) is 59.2. The van der Waals surface area contributed by atoms with E-state index in [-0.39, 0.29) is 40.4 Å². The molecular weight excluding hydrogens is 434 g/mol. The second-order valence-electron chi connectivity index (χ2n) is 6.98. The molecule has 4 rings (SSSR count). The van der Waals surface area contributed by atoms with E-state index in [4.69, 9.17) is 4.74 Å². The van der Waals surface area contributed by atoms with Crippen LogP contribution in [0.15, 0.2) is 66.7 Å². The molecule has 0 unspecified atom stereocenters. The summed E-state index contributed by atoms with van der Waals surface area (Å²) in [6, 6.07) is 14.4. The number of rotatable bonds is 6. The highest BCUT2D eigenvalue weighted by atomic mass is 16.6. The number of hydrogen-bond acceptors (Lipinski definition) is 8. The van der Waals surface area contributed by atoms with Gasteiger partial charge in [0.2, 0.25) is 0 Å². The van der Waals surface area contributed by atoms with Crippen LogP contribution in [0.3, 0.4) is 0 Å². The Hall–Kier alpha value is -4.93. The van der Waals surface area contributed by atoms with Crippen molar-refractivity contribution in [3.05, 3.63) is 109 Å². The highest BCUT2D eigenvalue weighted by Crippen LogP contribution is 2.30. The van der Waals surface area contributed by atoms with Crippen LogP contribution in [0, 0.1) is 20.2 Å². The first-order chi connectivity index (χ1) is 15.8. The molecule has 0 fully saturated rings. The Labute approximate surface area is 185 Å². The average molecular weight is 447 g/mol. The highest BCUT2D eigenvalue weighted by Gasteiger charge is 2.37. The molecule has 0 aromatic heterocycles. The molecule has 11 heteroatoms. The van der Waals surface area contributed by atoms with Gasteiger partial charge in [0.1, 0.15) is 6.61 Å². The van der Waals surface area contributed by atoms with E-state index in [1.165, 1.54) is 66.7 Å². The molecule has 164 valence electrons. The molecule has 0 radical (unpaired) electrons. The Morgan fingerprint density at radius 2 is 1.33 bits per heavy atom. The van der Waals surface area contributed by atoms with Gasteiger partial charge in [-0.05, 0) is 48.0 Å². The number of nitro benzene ring substituents is 2. The third kappa shape index (κ3) is 4.02. The second-order valence-corrected chi connectivity index (χ2v) is 6.98. The standard InChI is InChI=1S/C22H13N3O8/c26-20-18-10-3-14(22(28)33-12-13-1-4-16(5-2-13)24(29)30)11-19(18)21(27)23(20)15-6-8-17(9-7-15)25(31)32/h1-11H,12H2. The maximum absolute atomic E-state index is 12.8. The van der Waals surface area contributed by atoms with Crippen LogP contribution in [-0.2, 0) is 11.3 Å². The zero-order chi connectivity index (χ0) is 23.7. The molecule has 33 heavy (non-hydrogen) atoms. The number of non-ortho nitro benzene ring substituents is 2. The topological polar surface area (TPSA) is 150 Å². The molecule has 0 saturated heterocycles. The minimum absolute atomic E-state index is 0.00291. The van der Waals surface area contributed by atoms with E-state index >= 15 is 0 Å². The Bertz CT molecular complexity index is 1320. The Balaban J connectivity index is 1.50. The van der Waals surface area contributed by atoms with Crippen LogP contribution < -0.4 is 4.90 Å². The van der Waals surface area contributed by atoms with Crippen molar-refractivity contribution in [1.29, 1.82) is 0 Å². The summed E-state index contributed by atoms with van der Waals surface area (Å²) >= 11 is 0. The molecule has 0 saturated carbocycles. The Morgan fingerprint density at radius 3 is 1.91 bits per heavy atom. The lowest BCUT2D eigenvalue weighted by atomic mass is 10.1. The van der Waals surface area contributed by atoms with E-state index in [1.807, 2.05) is 0 Å². The number of imide groups is 1. The van der Waals surface area contributed by atoms with Gasteiger partial charge in [-0.3, -0.25) is 29.8 Å². The lowest BCUT2D eigenvalue weighted by Crippen LogP contribution is -2.29. The van der Waals surface area contributed by atoms with E-state index in [1.54, 1.807) is 0 Å². The molecule has 0 bridgehead atoms. The van der Waals surface area contributed by atoms with Crippen LogP contribution in [0.4, 0.5) is 17.1 Å². The molecule has 2 amide bonds. The molecule has 0 spiro atoms. The van der Waals surface area contributed by atoms with Gasteiger partial charge in [0.15, 0.2) is 0 Å².